The molecule has 3 heteroatoms. The van der Waals surface area contributed by atoms with Gasteiger partial charge in [0.1, 0.15) is 0 Å². The molecule has 2 aromatic carbocycles. The highest BCUT2D eigenvalue weighted by Crippen LogP contribution is 2.48. The van der Waals surface area contributed by atoms with Gasteiger partial charge in [-0.2, -0.15) is 0 Å². The molecule has 0 bridgehead atoms. The fourth-order valence-electron chi connectivity index (χ4n) is 4.62. The number of aryl methyl sites for hydroxylation is 1. The lowest BCUT2D eigenvalue weighted by atomic mass is 9.75. The third-order valence-electron chi connectivity index (χ3n) is 5.99. The van der Waals surface area contributed by atoms with Crippen molar-refractivity contribution < 1.29 is 9.59 Å². The summed E-state index contributed by atoms with van der Waals surface area (Å²) in [7, 11) is 0. The summed E-state index contributed by atoms with van der Waals surface area (Å²) in [5, 5.41) is 3.47. The minimum Gasteiger partial charge on any atom is -0.358 e. The van der Waals surface area contributed by atoms with Gasteiger partial charge in [0.25, 0.3) is 0 Å². The van der Waals surface area contributed by atoms with Crippen LogP contribution in [0, 0.1) is 0 Å². The van der Waals surface area contributed by atoms with E-state index >= 15 is 0 Å². The van der Waals surface area contributed by atoms with Crippen LogP contribution in [0.3, 0.4) is 0 Å². The highest BCUT2D eigenvalue weighted by molar-refractivity contribution is 6.23. The number of carbonyl (C=O) groups is 2. The molecule has 27 heavy (non-hydrogen) atoms. The number of fused-ring (bicyclic) bond motifs is 2. The van der Waals surface area contributed by atoms with Gasteiger partial charge in [0.15, 0.2) is 11.6 Å². The first-order valence-electron chi connectivity index (χ1n) is 9.69. The maximum Gasteiger partial charge on any atom is 0.192 e. The number of carbonyl (C=O) groups excluding carboxylic acids is 2. The summed E-state index contributed by atoms with van der Waals surface area (Å²) in [6.07, 6.45) is 3.26. The lowest BCUT2D eigenvalue weighted by Gasteiger charge is -2.33. The summed E-state index contributed by atoms with van der Waals surface area (Å²) in [6, 6.07) is 16.1. The molecule has 0 fully saturated rings. The van der Waals surface area contributed by atoms with E-state index in [1.807, 2.05) is 24.3 Å². The summed E-state index contributed by atoms with van der Waals surface area (Å²) in [4.78, 5) is 26.2. The van der Waals surface area contributed by atoms with E-state index in [-0.39, 0.29) is 17.5 Å². The predicted octanol–water partition coefficient (Wildman–Crippen LogP) is 4.55. The van der Waals surface area contributed by atoms with Crippen molar-refractivity contribution in [2.75, 3.05) is 0 Å². The van der Waals surface area contributed by atoms with E-state index in [0.717, 1.165) is 58.5 Å². The fraction of sp³-hybridized carbons (Fsp3) is 0.250. The Bertz CT molecular complexity index is 1040. The van der Waals surface area contributed by atoms with Crippen molar-refractivity contribution in [3.8, 4) is 0 Å². The van der Waals surface area contributed by atoms with Crippen LogP contribution in [0.4, 0.5) is 0 Å². The average molecular weight is 355 g/mol. The number of dihydropyridines is 1. The summed E-state index contributed by atoms with van der Waals surface area (Å²) < 4.78 is 0. The highest BCUT2D eigenvalue weighted by Gasteiger charge is 2.43. The molecule has 1 heterocycles. The third-order valence-corrected chi connectivity index (χ3v) is 5.99. The molecule has 0 unspecified atom stereocenters. The summed E-state index contributed by atoms with van der Waals surface area (Å²) in [6.45, 7) is 2.13. The van der Waals surface area contributed by atoms with E-state index in [4.69, 9.17) is 0 Å². The van der Waals surface area contributed by atoms with Crippen LogP contribution in [0.5, 0.6) is 0 Å². The average Bonchev–Trinajstić information content (AvgIpc) is 2.99. The largest absolute Gasteiger partial charge is 0.358 e. The van der Waals surface area contributed by atoms with E-state index in [9.17, 15) is 9.59 Å². The van der Waals surface area contributed by atoms with Gasteiger partial charge in [0, 0.05) is 40.3 Å². The number of Topliss-reactive ketones (excluding diaryl/α,β-unsaturated/α-hetero) is 2. The first kappa shape index (κ1) is 16.2. The number of hydrogen-bond donors (Lipinski definition) is 1. The molecule has 2 aromatic rings. The molecule has 5 rings (SSSR count). The molecule has 134 valence electrons. The van der Waals surface area contributed by atoms with Gasteiger partial charge in [0.2, 0.25) is 0 Å². The fourth-order valence-corrected chi connectivity index (χ4v) is 4.62. The minimum absolute atomic E-state index is 0.0441. The van der Waals surface area contributed by atoms with Crippen molar-refractivity contribution in [1.29, 1.82) is 0 Å². The Labute approximate surface area is 158 Å². The second-order valence-electron chi connectivity index (χ2n) is 7.49. The number of nitrogens with one attached hydrogen (secondary N) is 1. The molecular formula is C24H21NO2. The molecule has 0 amide bonds. The van der Waals surface area contributed by atoms with E-state index < -0.39 is 0 Å². The van der Waals surface area contributed by atoms with Crippen LogP contribution < -0.4 is 5.32 Å². The number of hydrogen-bond acceptors (Lipinski definition) is 3. The third kappa shape index (κ3) is 2.34. The molecule has 3 nitrogen and oxygen atoms in total. The van der Waals surface area contributed by atoms with Crippen molar-refractivity contribution in [2.45, 2.75) is 38.5 Å². The molecule has 0 spiro atoms. The summed E-state index contributed by atoms with van der Waals surface area (Å²) in [5.41, 5.74) is 7.40. The zero-order chi connectivity index (χ0) is 18.5. The Morgan fingerprint density at radius 2 is 1.67 bits per heavy atom. The van der Waals surface area contributed by atoms with E-state index in [2.05, 4.69) is 36.5 Å². The first-order valence-corrected chi connectivity index (χ1v) is 9.69. The molecule has 1 atom stereocenters. The van der Waals surface area contributed by atoms with Crippen LogP contribution in [0.25, 0.3) is 5.70 Å². The Balaban J connectivity index is 1.72. The Morgan fingerprint density at radius 1 is 0.926 bits per heavy atom. The lowest BCUT2D eigenvalue weighted by molar-refractivity contribution is -0.116. The molecule has 0 aromatic heterocycles. The second-order valence-corrected chi connectivity index (χ2v) is 7.49. The van der Waals surface area contributed by atoms with Crippen LogP contribution in [-0.2, 0) is 11.2 Å². The molecule has 0 saturated carbocycles. The summed E-state index contributed by atoms with van der Waals surface area (Å²) in [5.74, 6) is -0.0546. The molecule has 1 N–H and O–H groups in total. The van der Waals surface area contributed by atoms with Crippen molar-refractivity contribution >= 4 is 17.3 Å². The van der Waals surface area contributed by atoms with Crippen LogP contribution in [0.1, 0.15) is 59.2 Å². The quantitative estimate of drug-likeness (QED) is 0.860. The maximum atomic E-state index is 13.3. The van der Waals surface area contributed by atoms with Gasteiger partial charge in [-0.05, 0) is 30.4 Å². The normalized spacial score (nSPS) is 21.0. The standard InChI is InChI=1S/C24H21NO2/c1-2-14-10-12-15(13-11-14)20-21-18(8-5-9-19(21)26)25-23-16-6-3-4-7-17(16)24(27)22(20)23/h3-4,6-7,10-13,20,25H,2,5,8-9H2,1H3/t20-/m1/s1. The first-order chi connectivity index (χ1) is 13.2. The van der Waals surface area contributed by atoms with Crippen LogP contribution in [0.2, 0.25) is 0 Å². The van der Waals surface area contributed by atoms with Crippen molar-refractivity contribution in [2.24, 2.45) is 0 Å². The minimum atomic E-state index is -0.269. The van der Waals surface area contributed by atoms with Gasteiger partial charge in [-0.25, -0.2) is 0 Å². The Morgan fingerprint density at radius 3 is 2.41 bits per heavy atom. The Hall–Kier alpha value is -2.94. The topological polar surface area (TPSA) is 46.2 Å². The zero-order valence-corrected chi connectivity index (χ0v) is 15.3. The van der Waals surface area contributed by atoms with Crippen molar-refractivity contribution in [3.05, 3.63) is 87.6 Å². The number of benzene rings is 2. The maximum absolute atomic E-state index is 13.3. The molecule has 3 aliphatic rings. The van der Waals surface area contributed by atoms with Crippen LogP contribution >= 0.6 is 0 Å². The van der Waals surface area contributed by atoms with Crippen LogP contribution in [-0.4, -0.2) is 11.6 Å². The highest BCUT2D eigenvalue weighted by atomic mass is 16.1. The van der Waals surface area contributed by atoms with E-state index in [0.29, 0.717) is 6.42 Å². The van der Waals surface area contributed by atoms with Gasteiger partial charge < -0.3 is 5.32 Å². The summed E-state index contributed by atoms with van der Waals surface area (Å²) >= 11 is 0. The molecular weight excluding hydrogens is 334 g/mol. The lowest BCUT2D eigenvalue weighted by Crippen LogP contribution is -2.31. The van der Waals surface area contributed by atoms with Gasteiger partial charge in [-0.3, -0.25) is 9.59 Å². The van der Waals surface area contributed by atoms with Gasteiger partial charge in [-0.1, -0.05) is 55.5 Å². The number of rotatable bonds is 2. The monoisotopic (exact) mass is 355 g/mol. The van der Waals surface area contributed by atoms with Crippen LogP contribution in [0.15, 0.2) is 65.4 Å². The number of allylic oxidation sites excluding steroid dienone is 3. The van der Waals surface area contributed by atoms with Gasteiger partial charge in [-0.15, -0.1) is 0 Å². The molecule has 0 radical (unpaired) electrons. The van der Waals surface area contributed by atoms with Crippen molar-refractivity contribution in [3.63, 3.8) is 0 Å². The van der Waals surface area contributed by atoms with E-state index in [1.165, 1.54) is 5.56 Å². The SMILES string of the molecule is CCc1ccc([C@@H]2C3=C(CCCC3=O)NC3=C2C(=O)c2ccccc23)cc1. The van der Waals surface area contributed by atoms with E-state index in [1.54, 1.807) is 0 Å². The smallest absolute Gasteiger partial charge is 0.192 e. The van der Waals surface area contributed by atoms with Gasteiger partial charge >= 0.3 is 0 Å². The predicted molar refractivity (Wildman–Crippen MR) is 105 cm³/mol. The molecule has 0 saturated heterocycles. The second kappa shape index (κ2) is 6.05. The molecule has 1 aliphatic heterocycles. The zero-order valence-electron chi connectivity index (χ0n) is 15.3. The molecule has 2 aliphatic carbocycles. The Kier molecular flexibility index (Phi) is 3.64. The van der Waals surface area contributed by atoms with Crippen molar-refractivity contribution in [1.82, 2.24) is 5.32 Å². The number of ketones is 2. The van der Waals surface area contributed by atoms with Gasteiger partial charge in [0.05, 0.1) is 5.70 Å².